The van der Waals surface area contributed by atoms with E-state index in [0.717, 1.165) is 5.56 Å². The van der Waals surface area contributed by atoms with Crippen LogP contribution in [0.25, 0.3) is 0 Å². The average Bonchev–Trinajstić information content (AvgIpc) is 2.30. The molecule has 1 amide bonds. The van der Waals surface area contributed by atoms with Gasteiger partial charge >= 0.3 is 5.51 Å². The van der Waals surface area contributed by atoms with Crippen LogP contribution >= 0.6 is 27.7 Å². The van der Waals surface area contributed by atoms with Gasteiger partial charge in [-0.25, -0.2) is 0 Å². The lowest BCUT2D eigenvalue weighted by atomic mass is 10.2. The number of carbonyl (C=O) groups is 1. The zero-order chi connectivity index (χ0) is 15.3. The SMILES string of the molecule is Cc1ccc(NC(=O)[C@@H](N)CCSC(F)(F)F)c(Br)c1. The van der Waals surface area contributed by atoms with E-state index < -0.39 is 17.5 Å². The van der Waals surface area contributed by atoms with Gasteiger partial charge in [-0.1, -0.05) is 17.8 Å². The fourth-order valence-corrected chi connectivity index (χ4v) is 2.58. The number of rotatable bonds is 5. The molecule has 1 rings (SSSR count). The molecule has 1 aromatic rings. The van der Waals surface area contributed by atoms with Crippen LogP contribution in [0.5, 0.6) is 0 Å². The molecule has 0 aliphatic carbocycles. The molecule has 0 aliphatic heterocycles. The number of aryl methyl sites for hydroxylation is 1. The minimum absolute atomic E-state index is 0.0422. The van der Waals surface area contributed by atoms with E-state index in [4.69, 9.17) is 5.73 Å². The molecule has 1 aromatic carbocycles. The maximum absolute atomic E-state index is 12.0. The molecule has 20 heavy (non-hydrogen) atoms. The van der Waals surface area contributed by atoms with Gasteiger partial charge in [0.2, 0.25) is 5.91 Å². The highest BCUT2D eigenvalue weighted by Crippen LogP contribution is 2.30. The minimum atomic E-state index is -4.30. The zero-order valence-corrected chi connectivity index (χ0v) is 13.0. The Bertz CT molecular complexity index is 482. The molecule has 112 valence electrons. The molecule has 0 fully saturated rings. The van der Waals surface area contributed by atoms with Crippen LogP contribution in [0.15, 0.2) is 22.7 Å². The number of halogens is 4. The van der Waals surface area contributed by atoms with Gasteiger partial charge in [0.15, 0.2) is 0 Å². The van der Waals surface area contributed by atoms with Gasteiger partial charge in [-0.05, 0) is 47.0 Å². The normalized spacial score (nSPS) is 13.1. The van der Waals surface area contributed by atoms with Crippen molar-refractivity contribution in [1.29, 1.82) is 0 Å². The zero-order valence-electron chi connectivity index (χ0n) is 10.6. The van der Waals surface area contributed by atoms with Crippen LogP contribution in [0.3, 0.4) is 0 Å². The van der Waals surface area contributed by atoms with Gasteiger partial charge in [0.25, 0.3) is 0 Å². The Kier molecular flexibility index (Phi) is 6.35. The maximum atomic E-state index is 12.0. The first-order chi connectivity index (χ1) is 9.19. The first-order valence-electron chi connectivity index (χ1n) is 5.72. The largest absolute Gasteiger partial charge is 0.441 e. The van der Waals surface area contributed by atoms with Crippen molar-refractivity contribution in [3.05, 3.63) is 28.2 Å². The Hall–Kier alpha value is -0.730. The number of nitrogens with one attached hydrogen (secondary N) is 1. The molecular weight excluding hydrogens is 357 g/mol. The molecule has 0 aliphatic rings. The second-order valence-corrected chi connectivity index (χ2v) is 6.18. The summed E-state index contributed by atoms with van der Waals surface area (Å²) in [5.41, 5.74) is 2.83. The fraction of sp³-hybridized carbons (Fsp3) is 0.417. The number of nitrogens with two attached hydrogens (primary N) is 1. The Morgan fingerprint density at radius 1 is 1.50 bits per heavy atom. The lowest BCUT2D eigenvalue weighted by Gasteiger charge is -2.14. The quantitative estimate of drug-likeness (QED) is 0.831. The number of anilines is 1. The first kappa shape index (κ1) is 17.3. The van der Waals surface area contributed by atoms with Crippen molar-refractivity contribution in [1.82, 2.24) is 0 Å². The third kappa shape index (κ3) is 6.15. The summed E-state index contributed by atoms with van der Waals surface area (Å²) in [5, 5.41) is 2.58. The molecule has 0 spiro atoms. The van der Waals surface area contributed by atoms with Crippen LogP contribution < -0.4 is 11.1 Å². The highest BCUT2D eigenvalue weighted by Gasteiger charge is 2.28. The smallest absolute Gasteiger partial charge is 0.324 e. The van der Waals surface area contributed by atoms with Gasteiger partial charge in [0, 0.05) is 10.2 Å². The van der Waals surface area contributed by atoms with Gasteiger partial charge in [-0.3, -0.25) is 4.79 Å². The van der Waals surface area contributed by atoms with E-state index in [1.165, 1.54) is 0 Å². The van der Waals surface area contributed by atoms with E-state index in [0.29, 0.717) is 10.2 Å². The van der Waals surface area contributed by atoms with Crippen molar-refractivity contribution in [2.75, 3.05) is 11.1 Å². The van der Waals surface area contributed by atoms with Gasteiger partial charge in [0.1, 0.15) is 0 Å². The fourth-order valence-electron chi connectivity index (χ4n) is 1.38. The summed E-state index contributed by atoms with van der Waals surface area (Å²) in [6.07, 6.45) is -0.0422. The molecule has 0 bridgehead atoms. The van der Waals surface area contributed by atoms with Crippen LogP contribution in [0.1, 0.15) is 12.0 Å². The molecule has 8 heteroatoms. The topological polar surface area (TPSA) is 55.1 Å². The molecule has 0 radical (unpaired) electrons. The number of amides is 1. The third-order valence-electron chi connectivity index (χ3n) is 2.41. The predicted octanol–water partition coefficient (Wildman–Crippen LogP) is 3.67. The highest BCUT2D eigenvalue weighted by molar-refractivity contribution is 9.10. The molecule has 1 atom stereocenters. The van der Waals surface area contributed by atoms with Crippen LogP contribution in [0, 0.1) is 6.92 Å². The number of carbonyl (C=O) groups excluding carboxylic acids is 1. The van der Waals surface area contributed by atoms with Gasteiger partial charge in [-0.2, -0.15) is 13.2 Å². The Morgan fingerprint density at radius 2 is 2.15 bits per heavy atom. The average molecular weight is 371 g/mol. The van der Waals surface area contributed by atoms with Gasteiger partial charge < -0.3 is 11.1 Å². The number of hydrogen-bond donors (Lipinski definition) is 2. The highest BCUT2D eigenvalue weighted by atomic mass is 79.9. The lowest BCUT2D eigenvalue weighted by Crippen LogP contribution is -2.36. The molecule has 0 heterocycles. The number of hydrogen-bond acceptors (Lipinski definition) is 3. The van der Waals surface area contributed by atoms with Crippen molar-refractivity contribution >= 4 is 39.3 Å². The van der Waals surface area contributed by atoms with Crippen LogP contribution in [-0.2, 0) is 4.79 Å². The Morgan fingerprint density at radius 3 is 2.70 bits per heavy atom. The maximum Gasteiger partial charge on any atom is 0.441 e. The second-order valence-electron chi connectivity index (χ2n) is 4.16. The number of thioether (sulfide) groups is 1. The summed E-state index contributed by atoms with van der Waals surface area (Å²) < 4.78 is 36.6. The van der Waals surface area contributed by atoms with Crippen LogP contribution in [0.2, 0.25) is 0 Å². The lowest BCUT2D eigenvalue weighted by molar-refractivity contribution is -0.117. The summed E-state index contributed by atoms with van der Waals surface area (Å²) in [4.78, 5) is 11.8. The summed E-state index contributed by atoms with van der Waals surface area (Å²) in [5.74, 6) is -0.745. The standard InChI is InChI=1S/C12H14BrF3N2OS/c1-7-2-3-10(8(13)6-7)18-11(19)9(17)4-5-20-12(14,15)16/h2-3,6,9H,4-5,17H2,1H3,(H,18,19)/t9-/m0/s1. The van der Waals surface area contributed by atoms with Crippen molar-refractivity contribution in [3.8, 4) is 0 Å². The van der Waals surface area contributed by atoms with E-state index in [1.807, 2.05) is 19.1 Å². The van der Waals surface area contributed by atoms with Gasteiger partial charge in [-0.15, -0.1) is 0 Å². The molecule has 0 saturated heterocycles. The second kappa shape index (κ2) is 7.33. The number of alkyl halides is 3. The molecule has 0 aromatic heterocycles. The number of benzene rings is 1. The van der Waals surface area contributed by atoms with E-state index in [1.54, 1.807) is 6.07 Å². The van der Waals surface area contributed by atoms with Crippen molar-refractivity contribution in [3.63, 3.8) is 0 Å². The van der Waals surface area contributed by atoms with Gasteiger partial charge in [0.05, 0.1) is 11.7 Å². The van der Waals surface area contributed by atoms with E-state index >= 15 is 0 Å². The van der Waals surface area contributed by atoms with E-state index in [2.05, 4.69) is 21.2 Å². The molecule has 3 N–H and O–H groups in total. The van der Waals surface area contributed by atoms with Crippen LogP contribution in [-0.4, -0.2) is 23.2 Å². The Labute approximate surface area is 127 Å². The van der Waals surface area contributed by atoms with E-state index in [9.17, 15) is 18.0 Å². The monoisotopic (exact) mass is 370 g/mol. The summed E-state index contributed by atoms with van der Waals surface area (Å²) >= 11 is 3.12. The van der Waals surface area contributed by atoms with Crippen molar-refractivity contribution in [2.24, 2.45) is 5.73 Å². The first-order valence-corrected chi connectivity index (χ1v) is 7.50. The Balaban J connectivity index is 2.49. The third-order valence-corrected chi connectivity index (χ3v) is 3.84. The summed E-state index contributed by atoms with van der Waals surface area (Å²) in [6, 6.07) is 4.36. The molecule has 0 unspecified atom stereocenters. The molecule has 3 nitrogen and oxygen atoms in total. The van der Waals surface area contributed by atoms with Crippen molar-refractivity contribution < 1.29 is 18.0 Å². The molecular formula is C12H14BrF3N2OS. The van der Waals surface area contributed by atoms with E-state index in [-0.39, 0.29) is 23.9 Å². The van der Waals surface area contributed by atoms with Crippen LogP contribution in [0.4, 0.5) is 18.9 Å². The summed E-state index contributed by atoms with van der Waals surface area (Å²) in [7, 11) is 0. The predicted molar refractivity (Wildman–Crippen MR) is 78.6 cm³/mol. The summed E-state index contributed by atoms with van der Waals surface area (Å²) in [6.45, 7) is 1.90. The molecule has 0 saturated carbocycles. The van der Waals surface area contributed by atoms with Crippen molar-refractivity contribution in [2.45, 2.75) is 24.9 Å². The minimum Gasteiger partial charge on any atom is -0.324 e.